The van der Waals surface area contributed by atoms with Gasteiger partial charge in [0.25, 0.3) is 13.0 Å². The van der Waals surface area contributed by atoms with Crippen molar-refractivity contribution in [3.8, 4) is 6.07 Å². The van der Waals surface area contributed by atoms with Gasteiger partial charge in [-0.25, -0.2) is 13.6 Å². The summed E-state index contributed by atoms with van der Waals surface area (Å²) in [5.41, 5.74) is -0.0279. The number of likely N-dealkylation sites (tertiary alicyclic amines) is 2. The van der Waals surface area contributed by atoms with Gasteiger partial charge in [0.05, 0.1) is 6.61 Å². The number of amides is 3. The molecule has 0 radical (unpaired) electrons. The molecule has 2 heterocycles. The average Bonchev–Trinajstić information content (AvgIpc) is 3.67. The molecule has 0 bridgehead atoms. The molecule has 1 atom stereocenters. The van der Waals surface area contributed by atoms with E-state index in [2.05, 4.69) is 26.4 Å². The molecule has 39 heavy (non-hydrogen) atoms. The number of piperidine rings is 2. The van der Waals surface area contributed by atoms with E-state index in [4.69, 9.17) is 4.74 Å². The van der Waals surface area contributed by atoms with Crippen molar-refractivity contribution < 1.29 is 23.1 Å². The Morgan fingerprint density at radius 3 is 2.31 bits per heavy atom. The maximum Gasteiger partial charge on any atom is 0.318 e. The number of carbonyl (C=O) groups is 2. The smallest absolute Gasteiger partial charge is 0.318 e. The summed E-state index contributed by atoms with van der Waals surface area (Å²) in [4.78, 5) is 34.4. The number of halogens is 2. The number of rotatable bonds is 10. The summed E-state index contributed by atoms with van der Waals surface area (Å²) in [5, 5.41) is 5.46. The highest BCUT2D eigenvalue weighted by Gasteiger charge is 2.50. The number of nitrogens with one attached hydrogen (secondary N) is 2. The number of urea groups is 1. The standard InChI is InChI=1S/C29H41F2N5O3/c1-32-22-28(8-9-28)34-25(37)24(21-29(30,31)20-23-6-4-3-5-7-23)33-26(38)36-16-12-27(13-17-36)10-14-35(15-11-27)18-19-39-2/h3-7,24H,8-21H2,1-2H3,(H-,33,34,37,38)/p+1. The molecular weight excluding hydrogens is 504 g/mol. The monoisotopic (exact) mass is 546 g/mol. The van der Waals surface area contributed by atoms with Crippen LogP contribution in [0.4, 0.5) is 13.6 Å². The van der Waals surface area contributed by atoms with Crippen molar-refractivity contribution in [2.45, 2.75) is 68.9 Å². The van der Waals surface area contributed by atoms with Gasteiger partial charge in [0, 0.05) is 39.6 Å². The van der Waals surface area contributed by atoms with Crippen LogP contribution in [0.2, 0.25) is 0 Å². The number of nitrogens with zero attached hydrogens (tertiary/aromatic N) is 3. The van der Waals surface area contributed by atoms with Gasteiger partial charge in [-0.15, -0.1) is 0 Å². The second kappa shape index (κ2) is 12.6. The fourth-order valence-corrected chi connectivity index (χ4v) is 5.80. The molecule has 1 aromatic carbocycles. The lowest BCUT2D eigenvalue weighted by atomic mass is 9.71. The summed E-state index contributed by atoms with van der Waals surface area (Å²) in [6.07, 6.45) is 3.93. The van der Waals surface area contributed by atoms with Crippen LogP contribution in [0.15, 0.2) is 30.3 Å². The molecule has 1 spiro atoms. The molecule has 10 heteroatoms. The maximum absolute atomic E-state index is 15.2. The minimum atomic E-state index is -3.18. The molecule has 0 aromatic heterocycles. The summed E-state index contributed by atoms with van der Waals surface area (Å²) < 4.78 is 35.5. The van der Waals surface area contributed by atoms with Gasteiger partial charge in [-0.3, -0.25) is 4.79 Å². The molecule has 3 fully saturated rings. The molecule has 8 nitrogen and oxygen atoms in total. The largest absolute Gasteiger partial charge is 0.383 e. The Bertz CT molecular complexity index is 1040. The minimum absolute atomic E-state index is 0.216. The van der Waals surface area contributed by atoms with Crippen LogP contribution in [0.5, 0.6) is 0 Å². The van der Waals surface area contributed by atoms with Crippen molar-refractivity contribution >= 4 is 11.9 Å². The zero-order valence-corrected chi connectivity index (χ0v) is 23.2. The number of benzene rings is 1. The second-order valence-corrected chi connectivity index (χ2v) is 11.5. The molecule has 1 unspecified atom stereocenters. The quantitative estimate of drug-likeness (QED) is 0.469. The van der Waals surface area contributed by atoms with Gasteiger partial charge in [0.15, 0.2) is 5.54 Å². The van der Waals surface area contributed by atoms with E-state index in [1.165, 1.54) is 0 Å². The van der Waals surface area contributed by atoms with Crippen molar-refractivity contribution in [2.75, 3.05) is 53.5 Å². The zero-order chi connectivity index (χ0) is 27.9. The van der Waals surface area contributed by atoms with Gasteiger partial charge in [-0.2, -0.15) is 0 Å². The highest BCUT2D eigenvalue weighted by atomic mass is 19.3. The first-order chi connectivity index (χ1) is 18.7. The van der Waals surface area contributed by atoms with Gasteiger partial charge < -0.3 is 25.2 Å². The molecule has 1 saturated carbocycles. The van der Waals surface area contributed by atoms with Gasteiger partial charge in [-0.1, -0.05) is 35.2 Å². The highest BCUT2D eigenvalue weighted by molar-refractivity contribution is 5.88. The predicted octanol–water partition coefficient (Wildman–Crippen LogP) is 3.77. The molecule has 1 aliphatic carbocycles. The minimum Gasteiger partial charge on any atom is -0.383 e. The predicted molar refractivity (Wildman–Crippen MR) is 146 cm³/mol. The first-order valence-electron chi connectivity index (χ1n) is 14.0. The van der Waals surface area contributed by atoms with E-state index in [0.29, 0.717) is 31.5 Å². The molecule has 2 aliphatic heterocycles. The lowest BCUT2D eigenvalue weighted by Crippen LogP contribution is -2.57. The third kappa shape index (κ3) is 8.12. The van der Waals surface area contributed by atoms with E-state index in [9.17, 15) is 9.59 Å². The van der Waals surface area contributed by atoms with Gasteiger partial charge in [0.2, 0.25) is 5.91 Å². The molecular formula is C29H42F2N5O3+. The second-order valence-electron chi connectivity index (χ2n) is 11.5. The summed E-state index contributed by atoms with van der Waals surface area (Å²) in [5.74, 6) is -3.81. The number of ether oxygens (including phenoxy) is 1. The Morgan fingerprint density at radius 2 is 1.72 bits per heavy atom. The van der Waals surface area contributed by atoms with E-state index in [1.54, 1.807) is 49.4 Å². The number of methoxy groups -OCH3 is 1. The Balaban J connectivity index is 1.36. The third-order valence-corrected chi connectivity index (χ3v) is 8.50. The molecule has 2 saturated heterocycles. The van der Waals surface area contributed by atoms with Gasteiger partial charge >= 0.3 is 12.1 Å². The topological polar surface area (TPSA) is 78.3 Å². The summed E-state index contributed by atoms with van der Waals surface area (Å²) >= 11 is 0. The van der Waals surface area contributed by atoms with E-state index < -0.39 is 42.3 Å². The lowest BCUT2D eigenvalue weighted by Gasteiger charge is -2.47. The Kier molecular flexibility index (Phi) is 9.44. The van der Waals surface area contributed by atoms with Crippen LogP contribution in [0.3, 0.4) is 0 Å². The zero-order valence-electron chi connectivity index (χ0n) is 23.2. The molecule has 1 aromatic rings. The van der Waals surface area contributed by atoms with E-state index in [-0.39, 0.29) is 5.41 Å². The summed E-state index contributed by atoms with van der Waals surface area (Å²) in [7, 11) is 3.28. The van der Waals surface area contributed by atoms with Crippen LogP contribution in [0.1, 0.15) is 50.5 Å². The van der Waals surface area contributed by atoms with Crippen LogP contribution < -0.4 is 10.6 Å². The SMILES string of the molecule is C[N+]#CC1(NC(=O)C(CC(F)(F)Cc2ccccc2)NC(=O)N2CCC3(CCN(CCOC)CC3)CC2)CC1. The summed E-state index contributed by atoms with van der Waals surface area (Å²) in [6.45, 7) is 4.81. The van der Waals surface area contributed by atoms with Crippen LogP contribution in [0, 0.1) is 11.5 Å². The van der Waals surface area contributed by atoms with E-state index in [0.717, 1.165) is 51.9 Å². The third-order valence-electron chi connectivity index (χ3n) is 8.50. The molecule has 3 aliphatic rings. The lowest BCUT2D eigenvalue weighted by molar-refractivity contribution is -0.126. The van der Waals surface area contributed by atoms with Crippen molar-refractivity contribution in [3.63, 3.8) is 0 Å². The normalized spacial score (nSPS) is 21.0. The Labute approximate surface area is 230 Å². The van der Waals surface area contributed by atoms with E-state index >= 15 is 8.78 Å². The fourth-order valence-electron chi connectivity index (χ4n) is 5.80. The number of hydrogen-bond donors (Lipinski definition) is 2. The number of alkyl halides is 2. The summed E-state index contributed by atoms with van der Waals surface area (Å²) in [6, 6.07) is 9.49. The van der Waals surface area contributed by atoms with Crippen LogP contribution in [-0.4, -0.2) is 92.7 Å². The fraction of sp³-hybridized carbons (Fsp3) is 0.690. The van der Waals surface area contributed by atoms with Crippen LogP contribution >= 0.6 is 0 Å². The Morgan fingerprint density at radius 1 is 1.08 bits per heavy atom. The highest BCUT2D eigenvalue weighted by Crippen LogP contribution is 2.41. The number of carbonyl (C=O) groups excluding carboxylic acids is 2. The molecule has 4 rings (SSSR count). The Hall–Kier alpha value is -2.77. The molecule has 214 valence electrons. The molecule has 3 amide bonds. The van der Waals surface area contributed by atoms with Crippen molar-refractivity contribution in [3.05, 3.63) is 40.7 Å². The van der Waals surface area contributed by atoms with Crippen LogP contribution in [-0.2, 0) is 16.0 Å². The first kappa shape index (κ1) is 29.2. The van der Waals surface area contributed by atoms with Gasteiger partial charge in [0.1, 0.15) is 6.04 Å². The molecule has 2 N–H and O–H groups in total. The van der Waals surface area contributed by atoms with Crippen molar-refractivity contribution in [1.82, 2.24) is 20.4 Å². The number of hydrogen-bond acceptors (Lipinski definition) is 4. The van der Waals surface area contributed by atoms with Crippen molar-refractivity contribution in [1.29, 1.82) is 0 Å². The van der Waals surface area contributed by atoms with Crippen LogP contribution in [0.25, 0.3) is 4.85 Å². The van der Waals surface area contributed by atoms with E-state index in [1.807, 2.05) is 0 Å². The average molecular weight is 547 g/mol. The maximum atomic E-state index is 15.2. The van der Waals surface area contributed by atoms with Gasteiger partial charge in [-0.05, 0) is 62.6 Å². The first-order valence-corrected chi connectivity index (χ1v) is 14.0. The van der Waals surface area contributed by atoms with Crippen molar-refractivity contribution in [2.24, 2.45) is 5.41 Å².